The van der Waals surface area contributed by atoms with Gasteiger partial charge in [0.15, 0.2) is 0 Å². The SMILES string of the molecule is C/C(=C\C(C)(C)C(C)(C)CCc1c(C)cc(C)c(C)c1C)C(C)C. The summed E-state index contributed by atoms with van der Waals surface area (Å²) in [7, 11) is 0. The van der Waals surface area contributed by atoms with E-state index in [4.69, 9.17) is 0 Å². The van der Waals surface area contributed by atoms with Crippen LogP contribution >= 0.6 is 0 Å². The van der Waals surface area contributed by atoms with E-state index in [2.05, 4.69) is 88.3 Å². The summed E-state index contributed by atoms with van der Waals surface area (Å²) in [4.78, 5) is 0. The molecule has 0 N–H and O–H groups in total. The molecule has 1 rings (SSSR count). The number of hydrogen-bond acceptors (Lipinski definition) is 0. The summed E-state index contributed by atoms with van der Waals surface area (Å²) >= 11 is 0. The van der Waals surface area contributed by atoms with E-state index in [-0.39, 0.29) is 10.8 Å². The topological polar surface area (TPSA) is 0 Å². The molecule has 0 amide bonds. The highest BCUT2D eigenvalue weighted by Crippen LogP contribution is 2.44. The minimum absolute atomic E-state index is 0.197. The van der Waals surface area contributed by atoms with Crippen molar-refractivity contribution in [3.05, 3.63) is 45.5 Å². The van der Waals surface area contributed by atoms with Gasteiger partial charge in [0.2, 0.25) is 0 Å². The predicted molar refractivity (Wildman–Crippen MR) is 110 cm³/mol. The second-order valence-corrected chi connectivity index (χ2v) is 9.39. The maximum absolute atomic E-state index is 2.51. The van der Waals surface area contributed by atoms with Crippen LogP contribution in [0.5, 0.6) is 0 Å². The lowest BCUT2D eigenvalue weighted by atomic mass is 9.64. The fraction of sp³-hybridized carbons (Fsp3) is 0.667. The van der Waals surface area contributed by atoms with Gasteiger partial charge in [-0.2, -0.15) is 0 Å². The maximum Gasteiger partial charge on any atom is -0.0121 e. The summed E-state index contributed by atoms with van der Waals surface area (Å²) in [5, 5.41) is 0. The van der Waals surface area contributed by atoms with Gasteiger partial charge in [-0.3, -0.25) is 0 Å². The van der Waals surface area contributed by atoms with Crippen molar-refractivity contribution in [3.8, 4) is 0 Å². The zero-order valence-electron chi connectivity index (χ0n) is 18.1. The van der Waals surface area contributed by atoms with Gasteiger partial charge in [-0.1, -0.05) is 59.3 Å². The van der Waals surface area contributed by atoms with Crippen LogP contribution in [0.3, 0.4) is 0 Å². The lowest BCUT2D eigenvalue weighted by Gasteiger charge is -2.41. The number of hydrogen-bond donors (Lipinski definition) is 0. The number of rotatable bonds is 6. The molecule has 0 heteroatoms. The molecule has 0 atom stereocenters. The molecule has 1 aromatic rings. The first kappa shape index (κ1) is 21.0. The van der Waals surface area contributed by atoms with Crippen LogP contribution in [0.15, 0.2) is 17.7 Å². The molecule has 0 saturated carbocycles. The average molecular weight is 329 g/mol. The van der Waals surface area contributed by atoms with E-state index < -0.39 is 0 Å². The molecule has 0 radical (unpaired) electrons. The van der Waals surface area contributed by atoms with Gasteiger partial charge < -0.3 is 0 Å². The monoisotopic (exact) mass is 328 g/mol. The van der Waals surface area contributed by atoms with E-state index in [1.54, 1.807) is 5.56 Å². The highest BCUT2D eigenvalue weighted by atomic mass is 14.4. The molecule has 0 aliphatic rings. The van der Waals surface area contributed by atoms with Crippen molar-refractivity contribution in [2.75, 3.05) is 0 Å². The number of allylic oxidation sites excluding steroid dienone is 2. The Morgan fingerprint density at radius 2 is 1.50 bits per heavy atom. The van der Waals surface area contributed by atoms with Crippen LogP contribution in [0, 0.1) is 44.4 Å². The van der Waals surface area contributed by atoms with E-state index in [1.807, 2.05) is 0 Å². The first-order chi connectivity index (χ1) is 10.8. The standard InChI is InChI=1S/C24H40/c1-16(2)19(5)15-24(10,11)23(8,9)13-12-22-18(4)14-17(3)20(6)21(22)7/h14-16H,12-13H2,1-11H3/b19-15+. The van der Waals surface area contributed by atoms with Crippen molar-refractivity contribution in [1.29, 1.82) is 0 Å². The normalized spacial score (nSPS) is 13.8. The molecule has 0 bridgehead atoms. The Morgan fingerprint density at radius 3 is 2.00 bits per heavy atom. The van der Waals surface area contributed by atoms with Crippen LogP contribution in [0.4, 0.5) is 0 Å². The van der Waals surface area contributed by atoms with E-state index in [0.29, 0.717) is 5.92 Å². The molecular weight excluding hydrogens is 288 g/mol. The quantitative estimate of drug-likeness (QED) is 0.474. The zero-order valence-corrected chi connectivity index (χ0v) is 18.1. The van der Waals surface area contributed by atoms with Crippen molar-refractivity contribution in [3.63, 3.8) is 0 Å². The Bertz CT molecular complexity index is 609. The minimum atomic E-state index is 0.197. The second-order valence-electron chi connectivity index (χ2n) is 9.39. The van der Waals surface area contributed by atoms with Gasteiger partial charge in [-0.05, 0) is 92.0 Å². The number of benzene rings is 1. The van der Waals surface area contributed by atoms with Crippen molar-refractivity contribution in [1.82, 2.24) is 0 Å². The summed E-state index contributed by atoms with van der Waals surface area (Å²) in [6.45, 7) is 25.6. The molecule has 0 unspecified atom stereocenters. The van der Waals surface area contributed by atoms with Gasteiger partial charge in [0.05, 0.1) is 0 Å². The van der Waals surface area contributed by atoms with Crippen molar-refractivity contribution in [2.45, 2.75) is 89.0 Å². The molecule has 24 heavy (non-hydrogen) atoms. The van der Waals surface area contributed by atoms with Gasteiger partial charge >= 0.3 is 0 Å². The van der Waals surface area contributed by atoms with Gasteiger partial charge in [-0.15, -0.1) is 0 Å². The average Bonchev–Trinajstić information content (AvgIpc) is 2.43. The summed E-state index contributed by atoms with van der Waals surface area (Å²) < 4.78 is 0. The van der Waals surface area contributed by atoms with E-state index in [9.17, 15) is 0 Å². The number of aryl methyl sites for hydroxylation is 2. The summed E-state index contributed by atoms with van der Waals surface area (Å²) in [6, 6.07) is 2.36. The van der Waals surface area contributed by atoms with Gasteiger partial charge in [0.1, 0.15) is 0 Å². The fourth-order valence-electron chi connectivity index (χ4n) is 3.41. The van der Waals surface area contributed by atoms with Crippen LogP contribution in [-0.2, 0) is 6.42 Å². The molecule has 0 aliphatic heterocycles. The first-order valence-corrected chi connectivity index (χ1v) is 9.56. The largest absolute Gasteiger partial charge is 0.0791 e. The first-order valence-electron chi connectivity index (χ1n) is 9.56. The summed E-state index contributed by atoms with van der Waals surface area (Å²) in [6.07, 6.45) is 4.90. The van der Waals surface area contributed by atoms with Crippen LogP contribution in [0.1, 0.15) is 82.7 Å². The van der Waals surface area contributed by atoms with Gasteiger partial charge in [-0.25, -0.2) is 0 Å². The maximum atomic E-state index is 2.51. The van der Waals surface area contributed by atoms with Crippen LogP contribution < -0.4 is 0 Å². The van der Waals surface area contributed by atoms with Crippen LogP contribution in [0.2, 0.25) is 0 Å². The Kier molecular flexibility index (Phi) is 6.53. The summed E-state index contributed by atoms with van der Waals surface area (Å²) in [5.74, 6) is 0.629. The molecule has 0 aromatic heterocycles. The Balaban J connectivity index is 3.05. The molecule has 0 saturated heterocycles. The fourth-order valence-corrected chi connectivity index (χ4v) is 3.41. The van der Waals surface area contributed by atoms with Gasteiger partial charge in [0.25, 0.3) is 0 Å². The van der Waals surface area contributed by atoms with Crippen molar-refractivity contribution < 1.29 is 0 Å². The molecule has 0 spiro atoms. The van der Waals surface area contributed by atoms with Crippen LogP contribution in [-0.4, -0.2) is 0 Å². The Hall–Kier alpha value is -1.04. The van der Waals surface area contributed by atoms with Crippen molar-refractivity contribution >= 4 is 0 Å². The van der Waals surface area contributed by atoms with E-state index >= 15 is 0 Å². The lowest BCUT2D eigenvalue weighted by molar-refractivity contribution is 0.150. The molecule has 136 valence electrons. The van der Waals surface area contributed by atoms with Crippen LogP contribution in [0.25, 0.3) is 0 Å². The second kappa shape index (κ2) is 7.46. The Morgan fingerprint density at radius 1 is 0.958 bits per heavy atom. The van der Waals surface area contributed by atoms with E-state index in [0.717, 1.165) is 0 Å². The minimum Gasteiger partial charge on any atom is -0.0791 e. The smallest absolute Gasteiger partial charge is 0.0121 e. The predicted octanol–water partition coefficient (Wildman–Crippen LogP) is 7.51. The Labute approximate surface area is 151 Å². The molecule has 0 aliphatic carbocycles. The molecular formula is C24H40. The third kappa shape index (κ3) is 4.52. The van der Waals surface area contributed by atoms with E-state index in [1.165, 1.54) is 40.7 Å². The molecule has 1 aromatic carbocycles. The third-order valence-electron chi connectivity index (χ3n) is 6.76. The molecule has 0 fully saturated rings. The molecule has 0 heterocycles. The van der Waals surface area contributed by atoms with Crippen molar-refractivity contribution in [2.24, 2.45) is 16.7 Å². The molecule has 0 nitrogen and oxygen atoms in total. The zero-order chi connectivity index (χ0) is 18.9. The third-order valence-corrected chi connectivity index (χ3v) is 6.76. The summed E-state index contributed by atoms with van der Waals surface area (Å²) in [5.41, 5.74) is 9.36. The highest BCUT2D eigenvalue weighted by molar-refractivity contribution is 5.44. The lowest BCUT2D eigenvalue weighted by Crippen LogP contribution is -2.32. The highest BCUT2D eigenvalue weighted by Gasteiger charge is 2.35. The van der Waals surface area contributed by atoms with Gasteiger partial charge in [0, 0.05) is 0 Å².